The quantitative estimate of drug-likeness (QED) is 0.744. The molecule has 17 heavy (non-hydrogen) atoms. The van der Waals surface area contributed by atoms with E-state index in [1.54, 1.807) is 11.3 Å². The fourth-order valence-electron chi connectivity index (χ4n) is 1.70. The van der Waals surface area contributed by atoms with Crippen LogP contribution in [0.4, 0.5) is 0 Å². The van der Waals surface area contributed by atoms with Crippen LogP contribution < -0.4 is 5.32 Å². The van der Waals surface area contributed by atoms with Crippen molar-refractivity contribution >= 4 is 11.3 Å². The summed E-state index contributed by atoms with van der Waals surface area (Å²) >= 11 is 1.76. The lowest BCUT2D eigenvalue weighted by atomic mass is 10.2. The zero-order valence-corrected chi connectivity index (χ0v) is 11.8. The van der Waals surface area contributed by atoms with Crippen LogP contribution in [0.1, 0.15) is 18.7 Å². The highest BCUT2D eigenvalue weighted by molar-refractivity contribution is 7.09. The average Bonchev–Trinajstić information content (AvgIpc) is 2.69. The molecule has 1 unspecified atom stereocenters. The molecule has 1 aromatic heterocycles. The van der Waals surface area contributed by atoms with Crippen molar-refractivity contribution in [1.29, 1.82) is 0 Å². The maximum Gasteiger partial charge on any atom is 0.0791 e. The molecule has 0 saturated heterocycles. The third-order valence-electron chi connectivity index (χ3n) is 2.46. The largest absolute Gasteiger partial charge is 0.390 e. The van der Waals surface area contributed by atoms with Gasteiger partial charge in [-0.2, -0.15) is 0 Å². The van der Waals surface area contributed by atoms with E-state index >= 15 is 0 Å². The number of thiophene rings is 1. The van der Waals surface area contributed by atoms with Crippen LogP contribution in [0.5, 0.6) is 0 Å². The second kappa shape index (κ2) is 7.82. The minimum absolute atomic E-state index is 0.293. The van der Waals surface area contributed by atoms with Crippen molar-refractivity contribution in [2.75, 3.05) is 26.7 Å². The first-order valence-corrected chi connectivity index (χ1v) is 7.05. The van der Waals surface area contributed by atoms with E-state index in [0.29, 0.717) is 19.0 Å². The molecular formula is C13H24N2OS. The van der Waals surface area contributed by atoms with Gasteiger partial charge in [0.15, 0.2) is 0 Å². The zero-order chi connectivity index (χ0) is 12.7. The van der Waals surface area contributed by atoms with E-state index in [4.69, 9.17) is 0 Å². The standard InChI is InChI=1S/C13H24N2OS/c1-11(2)7-14-8-12(16)9-15(3)10-13-5-4-6-17-13/h4-6,11-12,14,16H,7-10H2,1-3H3. The predicted octanol–water partition coefficient (Wildman–Crippen LogP) is 1.79. The van der Waals surface area contributed by atoms with Crippen LogP contribution in [0.2, 0.25) is 0 Å². The van der Waals surface area contributed by atoms with Crippen molar-refractivity contribution in [3.8, 4) is 0 Å². The number of rotatable bonds is 8. The van der Waals surface area contributed by atoms with E-state index in [0.717, 1.165) is 13.1 Å². The minimum atomic E-state index is -0.293. The maximum atomic E-state index is 9.86. The molecule has 3 nitrogen and oxygen atoms in total. The van der Waals surface area contributed by atoms with E-state index in [2.05, 4.69) is 41.6 Å². The van der Waals surface area contributed by atoms with Crippen LogP contribution in [-0.2, 0) is 6.54 Å². The normalized spacial score (nSPS) is 13.5. The van der Waals surface area contributed by atoms with Gasteiger partial charge in [0.2, 0.25) is 0 Å². The van der Waals surface area contributed by atoms with E-state index in [1.807, 2.05) is 7.05 Å². The topological polar surface area (TPSA) is 35.5 Å². The second-order valence-electron chi connectivity index (χ2n) is 4.98. The van der Waals surface area contributed by atoms with Crippen molar-refractivity contribution in [3.63, 3.8) is 0 Å². The van der Waals surface area contributed by atoms with Crippen LogP contribution in [0.15, 0.2) is 17.5 Å². The van der Waals surface area contributed by atoms with E-state index in [-0.39, 0.29) is 6.10 Å². The SMILES string of the molecule is CC(C)CNCC(O)CN(C)Cc1cccs1. The summed E-state index contributed by atoms with van der Waals surface area (Å²) in [6.07, 6.45) is -0.293. The molecule has 1 rings (SSSR count). The molecule has 0 bridgehead atoms. The van der Waals surface area contributed by atoms with Crippen molar-refractivity contribution in [1.82, 2.24) is 10.2 Å². The third-order valence-corrected chi connectivity index (χ3v) is 3.32. The molecule has 0 saturated carbocycles. The molecule has 0 aromatic carbocycles. The fourth-order valence-corrected chi connectivity index (χ4v) is 2.48. The predicted molar refractivity (Wildman–Crippen MR) is 74.4 cm³/mol. The number of hydrogen-bond donors (Lipinski definition) is 2. The minimum Gasteiger partial charge on any atom is -0.390 e. The Hall–Kier alpha value is -0.420. The van der Waals surface area contributed by atoms with Crippen LogP contribution in [-0.4, -0.2) is 42.8 Å². The number of likely N-dealkylation sites (N-methyl/N-ethyl adjacent to an activating group) is 1. The first kappa shape index (κ1) is 14.6. The van der Waals surface area contributed by atoms with E-state index in [9.17, 15) is 5.11 Å². The summed E-state index contributed by atoms with van der Waals surface area (Å²) in [5.74, 6) is 0.631. The summed E-state index contributed by atoms with van der Waals surface area (Å²) in [6, 6.07) is 4.19. The Morgan fingerprint density at radius 1 is 1.41 bits per heavy atom. The van der Waals surface area contributed by atoms with Gasteiger partial charge in [-0.25, -0.2) is 0 Å². The van der Waals surface area contributed by atoms with Gasteiger partial charge in [0, 0.05) is 24.5 Å². The number of nitrogens with one attached hydrogen (secondary N) is 1. The summed E-state index contributed by atoms with van der Waals surface area (Å²) < 4.78 is 0. The third kappa shape index (κ3) is 6.78. The Bertz CT molecular complexity index is 288. The zero-order valence-electron chi connectivity index (χ0n) is 11.0. The smallest absolute Gasteiger partial charge is 0.0791 e. The van der Waals surface area contributed by atoms with Crippen molar-refractivity contribution in [2.45, 2.75) is 26.5 Å². The molecule has 2 N–H and O–H groups in total. The maximum absolute atomic E-state index is 9.86. The van der Waals surface area contributed by atoms with Gasteiger partial charge in [0.05, 0.1) is 6.10 Å². The van der Waals surface area contributed by atoms with Crippen LogP contribution in [0.3, 0.4) is 0 Å². The summed E-state index contributed by atoms with van der Waals surface area (Å²) in [4.78, 5) is 3.50. The Morgan fingerprint density at radius 2 is 2.18 bits per heavy atom. The first-order chi connectivity index (χ1) is 8.08. The Balaban J connectivity index is 2.14. The lowest BCUT2D eigenvalue weighted by Gasteiger charge is -2.20. The fraction of sp³-hybridized carbons (Fsp3) is 0.692. The van der Waals surface area contributed by atoms with Gasteiger partial charge < -0.3 is 10.4 Å². The summed E-state index contributed by atoms with van der Waals surface area (Å²) in [5.41, 5.74) is 0. The molecule has 0 amide bonds. The Morgan fingerprint density at radius 3 is 2.76 bits per heavy atom. The van der Waals surface area contributed by atoms with Gasteiger partial charge in [0.1, 0.15) is 0 Å². The molecule has 0 aliphatic heterocycles. The van der Waals surface area contributed by atoms with Crippen LogP contribution in [0, 0.1) is 5.92 Å². The molecule has 98 valence electrons. The van der Waals surface area contributed by atoms with Crippen LogP contribution >= 0.6 is 11.3 Å². The van der Waals surface area contributed by atoms with E-state index in [1.165, 1.54) is 4.88 Å². The Labute approximate surface area is 108 Å². The van der Waals surface area contributed by atoms with Gasteiger partial charge in [-0.3, -0.25) is 4.90 Å². The second-order valence-corrected chi connectivity index (χ2v) is 6.01. The van der Waals surface area contributed by atoms with Gasteiger partial charge in [-0.1, -0.05) is 19.9 Å². The molecule has 1 atom stereocenters. The number of aliphatic hydroxyl groups excluding tert-OH is 1. The van der Waals surface area contributed by atoms with Crippen molar-refractivity contribution < 1.29 is 5.11 Å². The molecule has 0 radical (unpaired) electrons. The molecule has 4 heteroatoms. The Kier molecular flexibility index (Phi) is 6.73. The lowest BCUT2D eigenvalue weighted by molar-refractivity contribution is 0.121. The van der Waals surface area contributed by atoms with Gasteiger partial charge in [-0.05, 0) is 31.0 Å². The molecule has 0 aliphatic rings. The highest BCUT2D eigenvalue weighted by Crippen LogP contribution is 2.10. The highest BCUT2D eigenvalue weighted by atomic mass is 32.1. The molecule has 0 aliphatic carbocycles. The highest BCUT2D eigenvalue weighted by Gasteiger charge is 2.08. The summed E-state index contributed by atoms with van der Waals surface area (Å²) in [5, 5.41) is 15.2. The number of hydrogen-bond acceptors (Lipinski definition) is 4. The summed E-state index contributed by atoms with van der Waals surface area (Å²) in [7, 11) is 2.05. The molecule has 1 heterocycles. The molecule has 1 aromatic rings. The molecule has 0 spiro atoms. The van der Waals surface area contributed by atoms with Crippen LogP contribution in [0.25, 0.3) is 0 Å². The van der Waals surface area contributed by atoms with Gasteiger partial charge in [-0.15, -0.1) is 11.3 Å². The van der Waals surface area contributed by atoms with Crippen molar-refractivity contribution in [2.24, 2.45) is 5.92 Å². The summed E-state index contributed by atoms with van der Waals surface area (Å²) in [6.45, 7) is 7.60. The number of aliphatic hydroxyl groups is 1. The lowest BCUT2D eigenvalue weighted by Crippen LogP contribution is -2.37. The monoisotopic (exact) mass is 256 g/mol. The molecular weight excluding hydrogens is 232 g/mol. The number of nitrogens with zero attached hydrogens (tertiary/aromatic N) is 1. The first-order valence-electron chi connectivity index (χ1n) is 6.17. The average molecular weight is 256 g/mol. The van der Waals surface area contributed by atoms with E-state index < -0.39 is 0 Å². The van der Waals surface area contributed by atoms with Gasteiger partial charge in [0.25, 0.3) is 0 Å². The molecule has 0 fully saturated rings. The van der Waals surface area contributed by atoms with Gasteiger partial charge >= 0.3 is 0 Å². The van der Waals surface area contributed by atoms with Crippen molar-refractivity contribution in [3.05, 3.63) is 22.4 Å².